The lowest BCUT2D eigenvalue weighted by Crippen LogP contribution is -2.54. The molecule has 5 rings (SSSR count). The number of carbonyl (C=O) groups is 3. The molecular weight excluding hydrogens is 533 g/mol. The van der Waals surface area contributed by atoms with Gasteiger partial charge in [-0.2, -0.15) is 0 Å². The molecule has 0 aromatic heterocycles. The van der Waals surface area contributed by atoms with E-state index in [1.807, 2.05) is 30.3 Å². The Bertz CT molecular complexity index is 1520. The molecule has 208 valence electrons. The molecule has 2 aliphatic rings. The molecule has 0 spiro atoms. The minimum atomic E-state index is -4.27. The first-order valence-corrected chi connectivity index (χ1v) is 14.7. The Labute approximate surface area is 232 Å². The summed E-state index contributed by atoms with van der Waals surface area (Å²) in [5.74, 6) is -2.56. The monoisotopic (exact) mass is 563 g/mol. The van der Waals surface area contributed by atoms with Crippen molar-refractivity contribution in [2.24, 2.45) is 0 Å². The van der Waals surface area contributed by atoms with Crippen LogP contribution in [0.2, 0.25) is 0 Å². The van der Waals surface area contributed by atoms with Gasteiger partial charge in [0.25, 0.3) is 15.9 Å². The smallest absolute Gasteiger partial charge is 0.269 e. The summed E-state index contributed by atoms with van der Waals surface area (Å²) in [6.07, 6.45) is 3.75. The van der Waals surface area contributed by atoms with Gasteiger partial charge in [0.1, 0.15) is 23.3 Å². The van der Waals surface area contributed by atoms with E-state index in [1.165, 1.54) is 41.3 Å². The van der Waals surface area contributed by atoms with Crippen molar-refractivity contribution in [2.45, 2.75) is 55.6 Å². The number of amides is 3. The van der Waals surface area contributed by atoms with E-state index in [2.05, 4.69) is 5.32 Å². The van der Waals surface area contributed by atoms with E-state index in [0.717, 1.165) is 31.2 Å². The van der Waals surface area contributed by atoms with Crippen molar-refractivity contribution < 1.29 is 27.2 Å². The molecule has 8 nitrogen and oxygen atoms in total. The Morgan fingerprint density at radius 1 is 0.950 bits per heavy atom. The molecule has 3 aromatic carbocycles. The molecule has 0 bridgehead atoms. The molecule has 3 amide bonds. The van der Waals surface area contributed by atoms with Crippen LogP contribution in [0.3, 0.4) is 0 Å². The lowest BCUT2D eigenvalue weighted by Gasteiger charge is -2.33. The van der Waals surface area contributed by atoms with Gasteiger partial charge in [-0.15, -0.1) is 0 Å². The van der Waals surface area contributed by atoms with Crippen LogP contribution in [0.25, 0.3) is 0 Å². The first-order valence-electron chi connectivity index (χ1n) is 13.3. The fourth-order valence-electron chi connectivity index (χ4n) is 5.33. The first-order chi connectivity index (χ1) is 19.3. The molecule has 0 radical (unpaired) electrons. The third-order valence-electron chi connectivity index (χ3n) is 7.46. The Balaban J connectivity index is 1.50. The fraction of sp³-hybridized carbons (Fsp3) is 0.300. The molecule has 0 unspecified atom stereocenters. The summed E-state index contributed by atoms with van der Waals surface area (Å²) < 4.78 is 41.7. The summed E-state index contributed by atoms with van der Waals surface area (Å²) in [6.45, 7) is -1.09. The molecule has 1 saturated carbocycles. The van der Waals surface area contributed by atoms with Crippen LogP contribution < -0.4 is 5.32 Å². The van der Waals surface area contributed by atoms with Crippen molar-refractivity contribution >= 4 is 27.7 Å². The molecule has 1 atom stereocenters. The van der Waals surface area contributed by atoms with E-state index < -0.39 is 46.1 Å². The highest BCUT2D eigenvalue weighted by Gasteiger charge is 2.43. The predicted molar refractivity (Wildman–Crippen MR) is 146 cm³/mol. The largest absolute Gasteiger partial charge is 0.352 e. The zero-order chi connectivity index (χ0) is 28.3. The van der Waals surface area contributed by atoms with Crippen molar-refractivity contribution in [2.75, 3.05) is 6.54 Å². The van der Waals surface area contributed by atoms with Gasteiger partial charge in [-0.25, -0.2) is 17.1 Å². The first kappa shape index (κ1) is 27.5. The van der Waals surface area contributed by atoms with Crippen LogP contribution in [-0.2, 0) is 32.6 Å². The lowest BCUT2D eigenvalue weighted by molar-refractivity contribution is -0.141. The average Bonchev–Trinajstić information content (AvgIpc) is 3.53. The predicted octanol–water partition coefficient (Wildman–Crippen LogP) is 3.67. The van der Waals surface area contributed by atoms with Gasteiger partial charge >= 0.3 is 0 Å². The van der Waals surface area contributed by atoms with Crippen molar-refractivity contribution in [1.29, 1.82) is 0 Å². The third-order valence-corrected chi connectivity index (χ3v) is 9.25. The Hall–Kier alpha value is -4.05. The summed E-state index contributed by atoms with van der Waals surface area (Å²) in [5, 5.41) is 3.04. The van der Waals surface area contributed by atoms with Crippen LogP contribution in [0.1, 0.15) is 47.2 Å². The summed E-state index contributed by atoms with van der Waals surface area (Å²) in [7, 11) is -4.27. The Morgan fingerprint density at radius 3 is 2.30 bits per heavy atom. The molecule has 10 heteroatoms. The Kier molecular flexibility index (Phi) is 7.97. The summed E-state index contributed by atoms with van der Waals surface area (Å²) in [4.78, 5) is 41.7. The summed E-state index contributed by atoms with van der Waals surface area (Å²) >= 11 is 0. The number of hydrogen-bond acceptors (Lipinski definition) is 5. The van der Waals surface area contributed by atoms with Gasteiger partial charge in [0, 0.05) is 24.6 Å². The highest BCUT2D eigenvalue weighted by atomic mass is 32.2. The third kappa shape index (κ3) is 5.62. The van der Waals surface area contributed by atoms with Crippen LogP contribution in [0.15, 0.2) is 83.8 Å². The molecule has 0 saturated heterocycles. The highest BCUT2D eigenvalue weighted by Crippen LogP contribution is 2.30. The molecule has 1 N–H and O–H groups in total. The molecule has 1 fully saturated rings. The second kappa shape index (κ2) is 11.6. The molecular formula is C30H30FN3O5S. The van der Waals surface area contributed by atoms with Gasteiger partial charge in [0.05, 0.1) is 5.56 Å². The second-order valence-corrected chi connectivity index (χ2v) is 12.0. The highest BCUT2D eigenvalue weighted by molar-refractivity contribution is 7.90. The zero-order valence-corrected chi connectivity index (χ0v) is 22.6. The van der Waals surface area contributed by atoms with Gasteiger partial charge in [-0.1, -0.05) is 73.5 Å². The van der Waals surface area contributed by atoms with E-state index >= 15 is 0 Å². The maximum Gasteiger partial charge on any atom is 0.269 e. The quantitative estimate of drug-likeness (QED) is 0.428. The Morgan fingerprint density at radius 2 is 1.60 bits per heavy atom. The van der Waals surface area contributed by atoms with Crippen molar-refractivity contribution in [3.05, 3.63) is 101 Å². The zero-order valence-electron chi connectivity index (χ0n) is 21.8. The van der Waals surface area contributed by atoms with E-state index in [-0.39, 0.29) is 35.0 Å². The van der Waals surface area contributed by atoms with Crippen molar-refractivity contribution in [1.82, 2.24) is 14.5 Å². The maximum atomic E-state index is 14.8. The minimum absolute atomic E-state index is 0.0178. The van der Waals surface area contributed by atoms with Gasteiger partial charge in [0.2, 0.25) is 11.8 Å². The number of nitrogens with zero attached hydrogens (tertiary/aromatic N) is 2. The fourth-order valence-corrected chi connectivity index (χ4v) is 6.85. The van der Waals surface area contributed by atoms with Gasteiger partial charge in [-0.3, -0.25) is 14.4 Å². The number of benzene rings is 3. The normalized spacial score (nSPS) is 16.9. The SMILES string of the molecule is O=C(NC1CCCC1)[C@@H](Cc1ccccc1)N(Cc1ccccc1F)C(=O)CN1C(=O)c2ccccc2S1(=O)=O. The average molecular weight is 564 g/mol. The second-order valence-electron chi connectivity index (χ2n) is 10.1. The van der Waals surface area contributed by atoms with Crippen LogP contribution in [0.5, 0.6) is 0 Å². The molecule has 1 heterocycles. The number of halogens is 1. The maximum absolute atomic E-state index is 14.8. The molecule has 3 aromatic rings. The number of sulfonamides is 1. The van der Waals surface area contributed by atoms with Crippen molar-refractivity contribution in [3.63, 3.8) is 0 Å². The van der Waals surface area contributed by atoms with Crippen LogP contribution in [-0.4, -0.2) is 54.0 Å². The number of carbonyl (C=O) groups excluding carboxylic acids is 3. The summed E-state index contributed by atoms with van der Waals surface area (Å²) in [5.41, 5.74) is 0.926. The van der Waals surface area contributed by atoms with Crippen molar-refractivity contribution in [3.8, 4) is 0 Å². The van der Waals surface area contributed by atoms with Gasteiger partial charge < -0.3 is 10.2 Å². The molecule has 1 aliphatic heterocycles. The van der Waals surface area contributed by atoms with Gasteiger partial charge in [-0.05, 0) is 36.6 Å². The van der Waals surface area contributed by atoms with Crippen LogP contribution >= 0.6 is 0 Å². The van der Waals surface area contributed by atoms with Crippen LogP contribution in [0.4, 0.5) is 4.39 Å². The standard InChI is InChI=1S/C30H30FN3O5S/c31-25-16-8-4-12-22(25)19-33(28(35)20-34-30(37)24-15-7-9-17-27(24)40(34,38)39)26(18-21-10-2-1-3-11-21)29(36)32-23-13-5-6-14-23/h1-4,7-12,15-17,23,26H,5-6,13-14,18-20H2,(H,32,36)/t26-/m1/s1. The minimum Gasteiger partial charge on any atom is -0.352 e. The van der Waals surface area contributed by atoms with E-state index in [9.17, 15) is 27.2 Å². The van der Waals surface area contributed by atoms with E-state index in [0.29, 0.717) is 4.31 Å². The van der Waals surface area contributed by atoms with Crippen LogP contribution in [0, 0.1) is 5.82 Å². The summed E-state index contributed by atoms with van der Waals surface area (Å²) in [6, 6.07) is 19.7. The number of hydrogen-bond donors (Lipinski definition) is 1. The van der Waals surface area contributed by atoms with E-state index in [1.54, 1.807) is 12.1 Å². The number of fused-ring (bicyclic) bond motifs is 1. The number of nitrogens with one attached hydrogen (secondary N) is 1. The topological polar surface area (TPSA) is 104 Å². The number of rotatable bonds is 9. The molecule has 1 aliphatic carbocycles. The van der Waals surface area contributed by atoms with E-state index in [4.69, 9.17) is 0 Å². The lowest BCUT2D eigenvalue weighted by atomic mass is 10.0. The molecule has 40 heavy (non-hydrogen) atoms. The van der Waals surface area contributed by atoms with Gasteiger partial charge in [0.15, 0.2) is 0 Å².